The van der Waals surface area contributed by atoms with Crippen LogP contribution in [-0.2, 0) is 0 Å². The van der Waals surface area contributed by atoms with Gasteiger partial charge in [-0.05, 0) is 12.1 Å². The van der Waals surface area contributed by atoms with Crippen LogP contribution >= 0.6 is 0 Å². The Morgan fingerprint density at radius 1 is 1.13 bits per heavy atom. The predicted molar refractivity (Wildman–Crippen MR) is 64.6 cm³/mol. The Morgan fingerprint density at radius 3 is 2.13 bits per heavy atom. The molecule has 2 nitrogen and oxygen atoms in total. The number of ketones is 1. The second kappa shape index (κ2) is 4.05. The van der Waals surface area contributed by atoms with Gasteiger partial charge >= 0.3 is 0 Å². The number of hydrogen-bond donors (Lipinski definition) is 0. The van der Waals surface area contributed by atoms with Crippen LogP contribution in [0.1, 0.15) is 31.1 Å². The average Bonchev–Trinajstić information content (AvgIpc) is 2.15. The molecule has 0 saturated heterocycles. The van der Waals surface area contributed by atoms with Crippen molar-refractivity contribution in [3.05, 3.63) is 29.8 Å². The number of nitrogens with zero attached hydrogens (tertiary/aromatic N) is 1. The fraction of sp³-hybridized carbons (Fsp3) is 0.462. The van der Waals surface area contributed by atoms with Gasteiger partial charge in [-0.2, -0.15) is 0 Å². The van der Waals surface area contributed by atoms with E-state index in [0.29, 0.717) is 0 Å². The molecule has 0 radical (unpaired) electrons. The Bertz CT molecular complexity index is 361. The summed E-state index contributed by atoms with van der Waals surface area (Å²) in [6.45, 7) is 5.84. The van der Waals surface area contributed by atoms with Gasteiger partial charge in [0.1, 0.15) is 0 Å². The van der Waals surface area contributed by atoms with Gasteiger partial charge < -0.3 is 4.90 Å². The SMILES string of the molecule is CN(C)c1ccccc1C(=O)C(C)(C)C. The van der Waals surface area contributed by atoms with E-state index >= 15 is 0 Å². The summed E-state index contributed by atoms with van der Waals surface area (Å²) in [6.07, 6.45) is 0. The van der Waals surface area contributed by atoms with Gasteiger partial charge in [-0.15, -0.1) is 0 Å². The van der Waals surface area contributed by atoms with Crippen molar-refractivity contribution in [1.29, 1.82) is 0 Å². The fourth-order valence-corrected chi connectivity index (χ4v) is 1.46. The van der Waals surface area contributed by atoms with E-state index in [2.05, 4.69) is 0 Å². The van der Waals surface area contributed by atoms with Crippen LogP contribution < -0.4 is 4.90 Å². The molecule has 0 N–H and O–H groups in total. The molecular formula is C13H19NO. The summed E-state index contributed by atoms with van der Waals surface area (Å²) < 4.78 is 0. The summed E-state index contributed by atoms with van der Waals surface area (Å²) in [7, 11) is 3.91. The number of anilines is 1. The summed E-state index contributed by atoms with van der Waals surface area (Å²) in [6, 6.07) is 7.72. The van der Waals surface area contributed by atoms with Gasteiger partial charge in [0.15, 0.2) is 5.78 Å². The molecule has 0 aliphatic rings. The molecule has 0 aromatic heterocycles. The zero-order chi connectivity index (χ0) is 11.6. The van der Waals surface area contributed by atoms with Crippen LogP contribution in [0.15, 0.2) is 24.3 Å². The average molecular weight is 205 g/mol. The zero-order valence-corrected chi connectivity index (χ0v) is 10.2. The van der Waals surface area contributed by atoms with Crippen LogP contribution in [-0.4, -0.2) is 19.9 Å². The maximum atomic E-state index is 12.2. The van der Waals surface area contributed by atoms with E-state index in [-0.39, 0.29) is 11.2 Å². The highest BCUT2D eigenvalue weighted by Crippen LogP contribution is 2.26. The summed E-state index contributed by atoms with van der Waals surface area (Å²) in [5.41, 5.74) is 1.46. The molecule has 0 atom stereocenters. The van der Waals surface area contributed by atoms with Crippen LogP contribution in [0.3, 0.4) is 0 Å². The Morgan fingerprint density at radius 2 is 1.67 bits per heavy atom. The van der Waals surface area contributed by atoms with Crippen molar-refractivity contribution < 1.29 is 4.79 Å². The topological polar surface area (TPSA) is 20.3 Å². The number of hydrogen-bond acceptors (Lipinski definition) is 2. The van der Waals surface area contributed by atoms with Crippen LogP contribution in [0.2, 0.25) is 0 Å². The highest BCUT2D eigenvalue weighted by molar-refractivity contribution is 6.04. The lowest BCUT2D eigenvalue weighted by Gasteiger charge is -2.22. The first kappa shape index (κ1) is 11.8. The van der Waals surface area contributed by atoms with Gasteiger partial charge in [0.05, 0.1) is 0 Å². The van der Waals surface area contributed by atoms with E-state index in [0.717, 1.165) is 11.3 Å². The van der Waals surface area contributed by atoms with Crippen LogP contribution in [0.4, 0.5) is 5.69 Å². The van der Waals surface area contributed by atoms with Crippen molar-refractivity contribution in [2.75, 3.05) is 19.0 Å². The van der Waals surface area contributed by atoms with E-state index < -0.39 is 0 Å². The summed E-state index contributed by atoms with van der Waals surface area (Å²) in [4.78, 5) is 14.1. The first-order valence-electron chi connectivity index (χ1n) is 5.15. The molecular weight excluding hydrogens is 186 g/mol. The minimum atomic E-state index is -0.327. The van der Waals surface area contributed by atoms with Gasteiger partial charge in [0, 0.05) is 30.8 Å². The molecule has 0 bridgehead atoms. The molecule has 2 heteroatoms. The largest absolute Gasteiger partial charge is 0.377 e. The Balaban J connectivity index is 3.20. The summed E-state index contributed by atoms with van der Waals surface area (Å²) >= 11 is 0. The van der Waals surface area contributed by atoms with Gasteiger partial charge in [-0.1, -0.05) is 32.9 Å². The second-order valence-electron chi connectivity index (χ2n) is 4.99. The highest BCUT2D eigenvalue weighted by Gasteiger charge is 2.25. The van der Waals surface area contributed by atoms with Gasteiger partial charge in [-0.3, -0.25) is 4.79 Å². The van der Waals surface area contributed by atoms with E-state index in [1.807, 2.05) is 64.0 Å². The normalized spacial score (nSPS) is 11.3. The maximum absolute atomic E-state index is 12.2. The monoisotopic (exact) mass is 205 g/mol. The van der Waals surface area contributed by atoms with E-state index in [1.165, 1.54) is 0 Å². The number of carbonyl (C=O) groups excluding carboxylic acids is 1. The third-order valence-corrected chi connectivity index (χ3v) is 2.31. The first-order chi connectivity index (χ1) is 6.84. The molecule has 1 aromatic rings. The Kier molecular flexibility index (Phi) is 3.18. The number of carbonyl (C=O) groups is 1. The highest BCUT2D eigenvalue weighted by atomic mass is 16.1. The van der Waals surface area contributed by atoms with Crippen molar-refractivity contribution in [3.63, 3.8) is 0 Å². The minimum absolute atomic E-state index is 0.187. The van der Waals surface area contributed by atoms with E-state index in [1.54, 1.807) is 0 Å². The molecule has 0 amide bonds. The Hall–Kier alpha value is -1.31. The smallest absolute Gasteiger partial charge is 0.170 e. The van der Waals surface area contributed by atoms with E-state index in [9.17, 15) is 4.79 Å². The van der Waals surface area contributed by atoms with Crippen LogP contribution in [0.5, 0.6) is 0 Å². The molecule has 15 heavy (non-hydrogen) atoms. The summed E-state index contributed by atoms with van der Waals surface area (Å²) in [5, 5.41) is 0. The molecule has 0 aliphatic heterocycles. The molecule has 0 heterocycles. The van der Waals surface area contributed by atoms with Crippen molar-refractivity contribution in [2.45, 2.75) is 20.8 Å². The maximum Gasteiger partial charge on any atom is 0.170 e. The molecule has 82 valence electrons. The molecule has 0 spiro atoms. The number of para-hydroxylation sites is 1. The van der Waals surface area contributed by atoms with Crippen molar-refractivity contribution in [2.24, 2.45) is 5.41 Å². The van der Waals surface area contributed by atoms with Crippen LogP contribution in [0, 0.1) is 5.41 Å². The lowest BCUT2D eigenvalue weighted by Crippen LogP contribution is -2.23. The second-order valence-corrected chi connectivity index (χ2v) is 4.99. The van der Waals surface area contributed by atoms with Gasteiger partial charge in [0.2, 0.25) is 0 Å². The Labute approximate surface area is 91.9 Å². The number of benzene rings is 1. The van der Waals surface area contributed by atoms with Crippen LogP contribution in [0.25, 0.3) is 0 Å². The summed E-state index contributed by atoms with van der Waals surface area (Å²) in [5.74, 6) is 0.187. The molecule has 0 saturated carbocycles. The van der Waals surface area contributed by atoms with Crippen molar-refractivity contribution in [3.8, 4) is 0 Å². The fourth-order valence-electron chi connectivity index (χ4n) is 1.46. The van der Waals surface area contributed by atoms with Gasteiger partial charge in [0.25, 0.3) is 0 Å². The first-order valence-corrected chi connectivity index (χ1v) is 5.15. The quantitative estimate of drug-likeness (QED) is 0.692. The van der Waals surface area contributed by atoms with E-state index in [4.69, 9.17) is 0 Å². The van der Waals surface area contributed by atoms with Crippen molar-refractivity contribution in [1.82, 2.24) is 0 Å². The third-order valence-electron chi connectivity index (χ3n) is 2.31. The minimum Gasteiger partial charge on any atom is -0.377 e. The number of rotatable bonds is 2. The molecule has 0 aliphatic carbocycles. The lowest BCUT2D eigenvalue weighted by atomic mass is 9.86. The molecule has 0 fully saturated rings. The predicted octanol–water partition coefficient (Wildman–Crippen LogP) is 2.98. The third kappa shape index (κ3) is 2.58. The zero-order valence-electron chi connectivity index (χ0n) is 10.2. The lowest BCUT2D eigenvalue weighted by molar-refractivity contribution is 0.0859. The number of Topliss-reactive ketones (excluding diaryl/α,β-unsaturated/α-hetero) is 1. The molecule has 1 aromatic carbocycles. The molecule has 0 unspecified atom stereocenters. The van der Waals surface area contributed by atoms with Gasteiger partial charge in [-0.25, -0.2) is 0 Å². The van der Waals surface area contributed by atoms with Crippen molar-refractivity contribution >= 4 is 11.5 Å². The molecule has 1 rings (SSSR count). The standard InChI is InChI=1S/C13H19NO/c1-13(2,3)12(15)10-8-6-7-9-11(10)14(4)5/h6-9H,1-5H3.